The average Bonchev–Trinajstić information content (AvgIpc) is 2.33. The molecule has 0 saturated heterocycles. The lowest BCUT2D eigenvalue weighted by molar-refractivity contribution is 0.469. The Morgan fingerprint density at radius 2 is 2.05 bits per heavy atom. The van der Waals surface area contributed by atoms with E-state index in [0.29, 0.717) is 0 Å². The molecule has 0 atom stereocenters. The van der Waals surface area contributed by atoms with E-state index in [9.17, 15) is 17.9 Å². The number of pyridine rings is 1. The van der Waals surface area contributed by atoms with Crippen LogP contribution in [0.25, 0.3) is 11.3 Å². The summed E-state index contributed by atoms with van der Waals surface area (Å²) in [5.74, 6) is -1.22. The van der Waals surface area contributed by atoms with Crippen LogP contribution in [0.15, 0.2) is 35.4 Å². The van der Waals surface area contributed by atoms with Crippen molar-refractivity contribution in [1.29, 1.82) is 0 Å². The summed E-state index contributed by atoms with van der Waals surface area (Å²) in [6.07, 6.45) is 2.36. The average molecular weight is 302 g/mol. The molecule has 1 N–H and O–H groups in total. The molecule has 0 fully saturated rings. The van der Waals surface area contributed by atoms with Crippen LogP contribution in [-0.2, 0) is 9.84 Å². The van der Waals surface area contributed by atoms with Crippen molar-refractivity contribution in [3.63, 3.8) is 0 Å². The number of sulfone groups is 1. The lowest BCUT2D eigenvalue weighted by Crippen LogP contribution is -2.02. The minimum absolute atomic E-state index is 0.0376. The van der Waals surface area contributed by atoms with Gasteiger partial charge in [0.2, 0.25) is 0 Å². The van der Waals surface area contributed by atoms with Gasteiger partial charge in [-0.3, -0.25) is 4.98 Å². The monoisotopic (exact) mass is 301 g/mol. The Hall–Kier alpha value is -1.66. The summed E-state index contributed by atoms with van der Waals surface area (Å²) in [6, 6.07) is 4.74. The molecule has 0 bridgehead atoms. The summed E-state index contributed by atoms with van der Waals surface area (Å²) in [4.78, 5) is 3.79. The largest absolute Gasteiger partial charge is 0.506 e. The Balaban J connectivity index is 2.77. The van der Waals surface area contributed by atoms with Crippen molar-refractivity contribution < 1.29 is 17.9 Å². The zero-order valence-corrected chi connectivity index (χ0v) is 11.3. The fourth-order valence-corrected chi connectivity index (χ4v) is 2.61. The molecular weight excluding hydrogens is 293 g/mol. The second-order valence-electron chi connectivity index (χ2n) is 3.91. The van der Waals surface area contributed by atoms with E-state index in [2.05, 4.69) is 4.98 Å². The Labute approximate surface area is 114 Å². The molecule has 0 spiro atoms. The summed E-state index contributed by atoms with van der Waals surface area (Å²) in [7, 11) is -3.56. The molecule has 0 radical (unpaired) electrons. The van der Waals surface area contributed by atoms with Gasteiger partial charge in [-0.1, -0.05) is 11.6 Å². The van der Waals surface area contributed by atoms with E-state index in [1.807, 2.05) is 0 Å². The molecule has 0 aliphatic heterocycles. The highest BCUT2D eigenvalue weighted by molar-refractivity contribution is 7.90. The molecule has 1 heterocycles. The van der Waals surface area contributed by atoms with Crippen molar-refractivity contribution >= 4 is 21.4 Å². The van der Waals surface area contributed by atoms with Crippen molar-refractivity contribution in [3.05, 3.63) is 41.3 Å². The lowest BCUT2D eigenvalue weighted by Gasteiger charge is -2.09. The quantitative estimate of drug-likeness (QED) is 0.926. The minimum atomic E-state index is -3.56. The van der Waals surface area contributed by atoms with Crippen LogP contribution in [-0.4, -0.2) is 24.8 Å². The van der Waals surface area contributed by atoms with Crippen LogP contribution >= 0.6 is 11.6 Å². The predicted molar refractivity (Wildman–Crippen MR) is 69.4 cm³/mol. The van der Waals surface area contributed by atoms with Gasteiger partial charge in [0.25, 0.3) is 0 Å². The van der Waals surface area contributed by atoms with Crippen molar-refractivity contribution in [1.82, 2.24) is 4.98 Å². The van der Waals surface area contributed by atoms with Crippen LogP contribution < -0.4 is 0 Å². The molecule has 0 aliphatic carbocycles. The van der Waals surface area contributed by atoms with E-state index in [-0.39, 0.29) is 21.2 Å². The molecule has 19 heavy (non-hydrogen) atoms. The Kier molecular flexibility index (Phi) is 3.47. The number of benzene rings is 1. The lowest BCUT2D eigenvalue weighted by atomic mass is 10.1. The molecule has 100 valence electrons. The Morgan fingerprint density at radius 3 is 2.68 bits per heavy atom. The third-order valence-electron chi connectivity index (χ3n) is 2.46. The maximum Gasteiger partial charge on any atom is 0.177 e. The van der Waals surface area contributed by atoms with Crippen LogP contribution in [0.4, 0.5) is 4.39 Å². The van der Waals surface area contributed by atoms with Gasteiger partial charge in [0, 0.05) is 24.1 Å². The molecule has 0 saturated carbocycles. The normalized spacial score (nSPS) is 11.5. The third kappa shape index (κ3) is 2.69. The summed E-state index contributed by atoms with van der Waals surface area (Å²) in [5, 5.41) is 9.21. The molecular formula is C12H9ClFNO3S. The number of phenols is 1. The van der Waals surface area contributed by atoms with Gasteiger partial charge >= 0.3 is 0 Å². The van der Waals surface area contributed by atoms with Gasteiger partial charge in [-0.25, -0.2) is 12.8 Å². The first-order valence-corrected chi connectivity index (χ1v) is 7.41. The highest BCUT2D eigenvalue weighted by atomic mass is 35.5. The van der Waals surface area contributed by atoms with Gasteiger partial charge in [-0.2, -0.15) is 0 Å². The third-order valence-corrected chi connectivity index (χ3v) is 3.89. The summed E-state index contributed by atoms with van der Waals surface area (Å²) in [5.41, 5.74) is -0.117. The molecule has 4 nitrogen and oxygen atoms in total. The van der Waals surface area contributed by atoms with Crippen molar-refractivity contribution in [3.8, 4) is 17.0 Å². The van der Waals surface area contributed by atoms with Gasteiger partial charge in [0.1, 0.15) is 11.6 Å². The summed E-state index contributed by atoms with van der Waals surface area (Å²) in [6.45, 7) is 0. The maximum atomic E-state index is 13.8. The van der Waals surface area contributed by atoms with Crippen molar-refractivity contribution in [2.24, 2.45) is 0 Å². The molecule has 7 heteroatoms. The first kappa shape index (κ1) is 13.8. The number of aromatic hydroxyl groups is 1. The molecule has 2 rings (SSSR count). The summed E-state index contributed by atoms with van der Waals surface area (Å²) >= 11 is 5.71. The number of aromatic nitrogens is 1. The van der Waals surface area contributed by atoms with Gasteiger partial charge in [0.15, 0.2) is 9.84 Å². The van der Waals surface area contributed by atoms with E-state index < -0.39 is 21.4 Å². The van der Waals surface area contributed by atoms with E-state index in [1.54, 1.807) is 0 Å². The van der Waals surface area contributed by atoms with Crippen LogP contribution in [0.2, 0.25) is 5.02 Å². The van der Waals surface area contributed by atoms with Gasteiger partial charge in [-0.05, 0) is 18.2 Å². The Bertz CT molecular complexity index is 747. The second-order valence-corrected chi connectivity index (χ2v) is 6.30. The zero-order chi connectivity index (χ0) is 14.2. The first-order valence-electron chi connectivity index (χ1n) is 5.14. The number of phenolic OH excluding ortho intramolecular Hbond substituents is 1. The fourth-order valence-electron chi connectivity index (χ4n) is 1.61. The number of rotatable bonds is 2. The van der Waals surface area contributed by atoms with Crippen LogP contribution in [0.1, 0.15) is 0 Å². The van der Waals surface area contributed by atoms with E-state index in [1.165, 1.54) is 18.3 Å². The zero-order valence-electron chi connectivity index (χ0n) is 9.76. The van der Waals surface area contributed by atoms with Gasteiger partial charge in [0.05, 0.1) is 15.6 Å². The SMILES string of the molecule is CS(=O)(=O)c1cccnc1-c1cc(Cl)c(O)cc1F. The van der Waals surface area contributed by atoms with E-state index in [4.69, 9.17) is 11.6 Å². The first-order chi connectivity index (χ1) is 8.80. The van der Waals surface area contributed by atoms with Gasteiger partial charge in [-0.15, -0.1) is 0 Å². The molecule has 0 unspecified atom stereocenters. The van der Waals surface area contributed by atoms with Crippen LogP contribution in [0.5, 0.6) is 5.75 Å². The number of hydrogen-bond donors (Lipinski definition) is 1. The summed E-state index contributed by atoms with van der Waals surface area (Å²) < 4.78 is 37.1. The molecule has 0 aliphatic rings. The van der Waals surface area contributed by atoms with Crippen molar-refractivity contribution in [2.75, 3.05) is 6.26 Å². The molecule has 1 aromatic heterocycles. The minimum Gasteiger partial charge on any atom is -0.506 e. The van der Waals surface area contributed by atoms with Crippen LogP contribution in [0.3, 0.4) is 0 Å². The standard InChI is InChI=1S/C12H9ClFNO3S/c1-19(17,18)11-3-2-4-15-12(11)7-5-8(13)10(16)6-9(7)14/h2-6,16H,1H3. The van der Waals surface area contributed by atoms with Crippen LogP contribution in [0, 0.1) is 5.82 Å². The molecule has 1 aromatic carbocycles. The van der Waals surface area contributed by atoms with Crippen molar-refractivity contribution in [2.45, 2.75) is 4.90 Å². The van der Waals surface area contributed by atoms with E-state index in [0.717, 1.165) is 18.4 Å². The van der Waals surface area contributed by atoms with E-state index >= 15 is 0 Å². The molecule has 2 aromatic rings. The highest BCUT2D eigenvalue weighted by Crippen LogP contribution is 2.33. The Morgan fingerprint density at radius 1 is 1.37 bits per heavy atom. The number of hydrogen-bond acceptors (Lipinski definition) is 4. The second kappa shape index (κ2) is 4.79. The number of halogens is 2. The topological polar surface area (TPSA) is 67.3 Å². The van der Waals surface area contributed by atoms with Gasteiger partial charge < -0.3 is 5.11 Å². The predicted octanol–water partition coefficient (Wildman–Crippen LogP) is 2.65. The highest BCUT2D eigenvalue weighted by Gasteiger charge is 2.19. The number of nitrogens with zero attached hydrogens (tertiary/aromatic N) is 1. The molecule has 0 amide bonds. The fraction of sp³-hybridized carbons (Fsp3) is 0.0833. The maximum absolute atomic E-state index is 13.8. The smallest absolute Gasteiger partial charge is 0.177 e.